The molecule has 1 amide bonds. The number of carbonyl (C=O) groups excluding carboxylic acids is 1. The van der Waals surface area contributed by atoms with Crippen molar-refractivity contribution in [3.05, 3.63) is 41.2 Å². The highest BCUT2D eigenvalue weighted by Crippen LogP contribution is 2.28. The smallest absolute Gasteiger partial charge is 0.270 e. The van der Waals surface area contributed by atoms with Crippen LogP contribution in [0.2, 0.25) is 5.02 Å². The fourth-order valence-electron chi connectivity index (χ4n) is 1.75. The van der Waals surface area contributed by atoms with Crippen molar-refractivity contribution in [2.24, 2.45) is 0 Å². The Hall–Kier alpha value is -2.34. The summed E-state index contributed by atoms with van der Waals surface area (Å²) in [5.74, 6) is 0.686. The summed E-state index contributed by atoms with van der Waals surface area (Å²) in [5, 5.41) is 6.25. The minimum Gasteiger partial charge on any atom is -0.495 e. The SMILES string of the molecule is CCCNC(=O)c1ccnc(Nc2ccc(OC)c(Cl)c2)n1. The standard InChI is InChI=1S/C15H17ClN4O2/c1-3-7-17-14(21)12-6-8-18-15(20-12)19-10-4-5-13(22-2)11(16)9-10/h4-6,8-9H,3,7H2,1-2H3,(H,17,21)(H,18,19,20). The molecule has 1 aromatic heterocycles. The fraction of sp³-hybridized carbons (Fsp3) is 0.267. The number of carbonyl (C=O) groups is 1. The molecule has 2 aromatic rings. The molecule has 0 unspecified atom stereocenters. The van der Waals surface area contributed by atoms with Gasteiger partial charge in [0.25, 0.3) is 5.91 Å². The number of anilines is 2. The van der Waals surface area contributed by atoms with E-state index in [2.05, 4.69) is 20.6 Å². The first kappa shape index (κ1) is 16.0. The van der Waals surface area contributed by atoms with E-state index in [1.807, 2.05) is 6.92 Å². The van der Waals surface area contributed by atoms with Gasteiger partial charge in [-0.1, -0.05) is 18.5 Å². The monoisotopic (exact) mass is 320 g/mol. The van der Waals surface area contributed by atoms with E-state index < -0.39 is 0 Å². The van der Waals surface area contributed by atoms with Crippen molar-refractivity contribution in [2.75, 3.05) is 19.0 Å². The van der Waals surface area contributed by atoms with Gasteiger partial charge in [-0.25, -0.2) is 9.97 Å². The summed E-state index contributed by atoms with van der Waals surface area (Å²) in [6, 6.07) is 6.80. The molecule has 1 aromatic carbocycles. The van der Waals surface area contributed by atoms with Crippen LogP contribution in [0.4, 0.5) is 11.6 Å². The van der Waals surface area contributed by atoms with E-state index >= 15 is 0 Å². The maximum atomic E-state index is 11.9. The van der Waals surface area contributed by atoms with Gasteiger partial charge < -0.3 is 15.4 Å². The zero-order valence-corrected chi connectivity index (χ0v) is 13.1. The van der Waals surface area contributed by atoms with Gasteiger partial charge in [0.2, 0.25) is 5.95 Å². The molecule has 0 spiro atoms. The number of nitrogens with zero attached hydrogens (tertiary/aromatic N) is 2. The second-order valence-electron chi connectivity index (χ2n) is 4.50. The van der Waals surface area contributed by atoms with Crippen molar-refractivity contribution in [1.82, 2.24) is 15.3 Å². The maximum absolute atomic E-state index is 11.9. The highest BCUT2D eigenvalue weighted by molar-refractivity contribution is 6.32. The molecule has 0 saturated heterocycles. The van der Waals surface area contributed by atoms with E-state index in [9.17, 15) is 4.79 Å². The molecule has 0 aliphatic heterocycles. The molecule has 0 aliphatic rings. The van der Waals surface area contributed by atoms with Crippen molar-refractivity contribution < 1.29 is 9.53 Å². The molecule has 116 valence electrons. The zero-order valence-electron chi connectivity index (χ0n) is 12.4. The summed E-state index contributed by atoms with van der Waals surface area (Å²) >= 11 is 6.06. The molecule has 0 saturated carbocycles. The van der Waals surface area contributed by atoms with Gasteiger partial charge in [-0.05, 0) is 30.7 Å². The number of nitrogens with one attached hydrogen (secondary N) is 2. The van der Waals surface area contributed by atoms with E-state index in [4.69, 9.17) is 16.3 Å². The predicted octanol–water partition coefficient (Wildman–Crippen LogP) is 3.02. The largest absolute Gasteiger partial charge is 0.495 e. The zero-order chi connectivity index (χ0) is 15.9. The van der Waals surface area contributed by atoms with Crippen molar-refractivity contribution in [2.45, 2.75) is 13.3 Å². The third-order valence-corrected chi connectivity index (χ3v) is 3.13. The van der Waals surface area contributed by atoms with E-state index in [1.165, 1.54) is 6.20 Å². The molecule has 0 bridgehead atoms. The summed E-state index contributed by atoms with van der Waals surface area (Å²) in [5.41, 5.74) is 1.02. The normalized spacial score (nSPS) is 10.1. The van der Waals surface area contributed by atoms with Gasteiger partial charge in [0, 0.05) is 18.4 Å². The molecule has 6 nitrogen and oxygen atoms in total. The van der Waals surface area contributed by atoms with Crippen molar-refractivity contribution in [3.8, 4) is 5.75 Å². The van der Waals surface area contributed by atoms with Gasteiger partial charge in [-0.3, -0.25) is 4.79 Å². The number of methoxy groups -OCH3 is 1. The van der Waals surface area contributed by atoms with E-state index in [0.717, 1.165) is 6.42 Å². The fourth-order valence-corrected chi connectivity index (χ4v) is 2.01. The minimum absolute atomic E-state index is 0.222. The van der Waals surface area contributed by atoms with E-state index in [0.29, 0.717) is 34.6 Å². The number of aromatic nitrogens is 2. The molecule has 0 atom stereocenters. The lowest BCUT2D eigenvalue weighted by Gasteiger charge is -2.08. The average Bonchev–Trinajstić information content (AvgIpc) is 2.53. The number of hydrogen-bond acceptors (Lipinski definition) is 5. The Morgan fingerprint density at radius 2 is 2.18 bits per heavy atom. The Labute approximate surface area is 133 Å². The van der Waals surface area contributed by atoms with Crippen LogP contribution in [-0.4, -0.2) is 29.5 Å². The number of benzene rings is 1. The quantitative estimate of drug-likeness (QED) is 0.855. The molecule has 0 fully saturated rings. The van der Waals surface area contributed by atoms with E-state index in [-0.39, 0.29) is 5.91 Å². The highest BCUT2D eigenvalue weighted by Gasteiger charge is 2.09. The lowest BCUT2D eigenvalue weighted by Crippen LogP contribution is -2.25. The van der Waals surface area contributed by atoms with Crippen molar-refractivity contribution in [3.63, 3.8) is 0 Å². The lowest BCUT2D eigenvalue weighted by molar-refractivity contribution is 0.0948. The second kappa shape index (κ2) is 7.61. The Morgan fingerprint density at radius 3 is 2.86 bits per heavy atom. The van der Waals surface area contributed by atoms with Gasteiger partial charge in [0.05, 0.1) is 12.1 Å². The van der Waals surface area contributed by atoms with Crippen LogP contribution >= 0.6 is 11.6 Å². The summed E-state index contributed by atoms with van der Waals surface area (Å²) in [6.45, 7) is 2.60. The molecule has 2 rings (SSSR count). The molecule has 2 N–H and O–H groups in total. The van der Waals surface area contributed by atoms with Crippen LogP contribution < -0.4 is 15.4 Å². The molecule has 7 heteroatoms. The number of halogens is 1. The van der Waals surface area contributed by atoms with Gasteiger partial charge >= 0.3 is 0 Å². The molecule has 0 aliphatic carbocycles. The first-order valence-electron chi connectivity index (χ1n) is 6.86. The summed E-state index contributed by atoms with van der Waals surface area (Å²) in [7, 11) is 1.55. The second-order valence-corrected chi connectivity index (χ2v) is 4.90. The molecule has 0 radical (unpaired) electrons. The Morgan fingerprint density at radius 1 is 1.36 bits per heavy atom. The topological polar surface area (TPSA) is 76.1 Å². The maximum Gasteiger partial charge on any atom is 0.270 e. The van der Waals surface area contributed by atoms with E-state index in [1.54, 1.807) is 31.4 Å². The van der Waals surface area contributed by atoms with Gasteiger partial charge in [-0.2, -0.15) is 0 Å². The first-order valence-corrected chi connectivity index (χ1v) is 7.23. The van der Waals surface area contributed by atoms with Crippen LogP contribution in [0.3, 0.4) is 0 Å². The lowest BCUT2D eigenvalue weighted by atomic mass is 10.3. The number of amides is 1. The predicted molar refractivity (Wildman–Crippen MR) is 85.9 cm³/mol. The van der Waals surface area contributed by atoms with Crippen LogP contribution in [0.25, 0.3) is 0 Å². The summed E-state index contributed by atoms with van der Waals surface area (Å²) in [4.78, 5) is 20.2. The minimum atomic E-state index is -0.222. The average molecular weight is 321 g/mol. The molecule has 1 heterocycles. The van der Waals surface area contributed by atoms with Crippen molar-refractivity contribution >= 4 is 29.1 Å². The summed E-state index contributed by atoms with van der Waals surface area (Å²) in [6.07, 6.45) is 2.40. The van der Waals surface area contributed by atoms with Crippen LogP contribution in [-0.2, 0) is 0 Å². The highest BCUT2D eigenvalue weighted by atomic mass is 35.5. The van der Waals surface area contributed by atoms with Gasteiger partial charge in [0.15, 0.2) is 0 Å². The molecule has 22 heavy (non-hydrogen) atoms. The van der Waals surface area contributed by atoms with Crippen molar-refractivity contribution in [1.29, 1.82) is 0 Å². The third-order valence-electron chi connectivity index (χ3n) is 2.83. The molecular weight excluding hydrogens is 304 g/mol. The number of ether oxygens (including phenoxy) is 1. The number of hydrogen-bond donors (Lipinski definition) is 2. The van der Waals surface area contributed by atoms with Gasteiger partial charge in [0.1, 0.15) is 11.4 Å². The third kappa shape index (κ3) is 4.08. The van der Waals surface area contributed by atoms with Crippen LogP contribution in [0.15, 0.2) is 30.5 Å². The van der Waals surface area contributed by atoms with Crippen LogP contribution in [0.5, 0.6) is 5.75 Å². The Balaban J connectivity index is 2.13. The molecular formula is C15H17ClN4O2. The Bertz CT molecular complexity index is 664. The van der Waals surface area contributed by atoms with Gasteiger partial charge in [-0.15, -0.1) is 0 Å². The van der Waals surface area contributed by atoms with Crippen LogP contribution in [0, 0.1) is 0 Å². The summed E-state index contributed by atoms with van der Waals surface area (Å²) < 4.78 is 5.09. The Kier molecular flexibility index (Phi) is 5.55. The number of rotatable bonds is 6. The van der Waals surface area contributed by atoms with Crippen LogP contribution in [0.1, 0.15) is 23.8 Å². The first-order chi connectivity index (χ1) is 10.6.